The summed E-state index contributed by atoms with van der Waals surface area (Å²) in [5.74, 6) is -0.342. The van der Waals surface area contributed by atoms with Crippen LogP contribution >= 0.6 is 12.4 Å². The standard InChI is InChI=1S/C15H23N3O3S.ClH/c1-11-6-7-13(17-15(19)12(2)16)10-14(11)22(20,21)18-8-4-3-5-9-18;/h6-7,10,12H,3-5,8-9,16H2,1-2H3,(H,17,19);1H/t12-;/m1./s1. The molecule has 8 heteroatoms. The summed E-state index contributed by atoms with van der Waals surface area (Å²) in [7, 11) is -3.52. The fourth-order valence-electron chi connectivity index (χ4n) is 2.46. The van der Waals surface area contributed by atoms with Gasteiger partial charge in [-0.2, -0.15) is 4.31 Å². The van der Waals surface area contributed by atoms with Crippen LogP contribution in [0.5, 0.6) is 0 Å². The van der Waals surface area contributed by atoms with E-state index >= 15 is 0 Å². The molecule has 1 aliphatic rings. The summed E-state index contributed by atoms with van der Waals surface area (Å²) >= 11 is 0. The van der Waals surface area contributed by atoms with E-state index in [0.29, 0.717) is 24.3 Å². The molecule has 1 aromatic rings. The molecule has 0 aliphatic carbocycles. The molecular formula is C15H24ClN3O3S. The van der Waals surface area contributed by atoms with Crippen molar-refractivity contribution in [2.24, 2.45) is 5.73 Å². The SMILES string of the molecule is Cc1ccc(NC(=O)[C@@H](C)N)cc1S(=O)(=O)N1CCCCC1.Cl. The molecule has 1 saturated heterocycles. The lowest BCUT2D eigenvalue weighted by molar-refractivity contribution is -0.117. The van der Waals surface area contributed by atoms with Gasteiger partial charge in [0.2, 0.25) is 15.9 Å². The van der Waals surface area contributed by atoms with E-state index < -0.39 is 16.1 Å². The summed E-state index contributed by atoms with van der Waals surface area (Å²) < 4.78 is 27.1. The van der Waals surface area contributed by atoms with Gasteiger partial charge in [0.1, 0.15) is 0 Å². The van der Waals surface area contributed by atoms with Gasteiger partial charge in [0, 0.05) is 18.8 Å². The summed E-state index contributed by atoms with van der Waals surface area (Å²) in [6, 6.07) is 4.25. The van der Waals surface area contributed by atoms with Crippen LogP contribution < -0.4 is 11.1 Å². The summed E-state index contributed by atoms with van der Waals surface area (Å²) in [4.78, 5) is 11.9. The number of hydrogen-bond donors (Lipinski definition) is 2. The van der Waals surface area contributed by atoms with Gasteiger partial charge in [-0.25, -0.2) is 8.42 Å². The number of anilines is 1. The monoisotopic (exact) mass is 361 g/mol. The highest BCUT2D eigenvalue weighted by atomic mass is 35.5. The van der Waals surface area contributed by atoms with Crippen LogP contribution in [-0.2, 0) is 14.8 Å². The lowest BCUT2D eigenvalue weighted by Gasteiger charge is -2.26. The zero-order chi connectivity index (χ0) is 16.3. The number of benzene rings is 1. The van der Waals surface area contributed by atoms with Crippen molar-refractivity contribution in [2.75, 3.05) is 18.4 Å². The van der Waals surface area contributed by atoms with Crippen LogP contribution in [0.15, 0.2) is 23.1 Å². The minimum atomic E-state index is -3.52. The highest BCUT2D eigenvalue weighted by molar-refractivity contribution is 7.89. The fourth-order valence-corrected chi connectivity index (χ4v) is 4.22. The molecule has 23 heavy (non-hydrogen) atoms. The molecule has 130 valence electrons. The molecule has 1 amide bonds. The van der Waals surface area contributed by atoms with Crippen molar-refractivity contribution in [2.45, 2.75) is 44.0 Å². The number of nitrogens with zero attached hydrogens (tertiary/aromatic N) is 1. The summed E-state index contributed by atoms with van der Waals surface area (Å²) in [5, 5.41) is 2.64. The quantitative estimate of drug-likeness (QED) is 0.856. The Morgan fingerprint density at radius 1 is 1.26 bits per heavy atom. The van der Waals surface area contributed by atoms with Crippen LogP contribution in [0.3, 0.4) is 0 Å². The Bertz CT molecular complexity index is 656. The summed E-state index contributed by atoms with van der Waals surface area (Å²) in [6.07, 6.45) is 2.84. The van der Waals surface area contributed by atoms with Gasteiger partial charge in [0.05, 0.1) is 10.9 Å². The number of rotatable bonds is 4. The first-order valence-corrected chi connectivity index (χ1v) is 8.93. The number of halogens is 1. The number of sulfonamides is 1. The molecule has 0 radical (unpaired) electrons. The van der Waals surface area contributed by atoms with E-state index in [2.05, 4.69) is 5.32 Å². The Morgan fingerprint density at radius 2 is 1.87 bits per heavy atom. The zero-order valence-corrected chi connectivity index (χ0v) is 15.0. The molecule has 0 unspecified atom stereocenters. The second-order valence-electron chi connectivity index (χ2n) is 5.72. The number of amides is 1. The van der Waals surface area contributed by atoms with E-state index in [4.69, 9.17) is 5.73 Å². The maximum atomic E-state index is 12.8. The number of carbonyl (C=O) groups is 1. The molecule has 2 rings (SSSR count). The largest absolute Gasteiger partial charge is 0.325 e. The van der Waals surface area contributed by atoms with Crippen molar-refractivity contribution in [3.8, 4) is 0 Å². The summed E-state index contributed by atoms with van der Waals surface area (Å²) in [6.45, 7) is 4.44. The van der Waals surface area contributed by atoms with Gasteiger partial charge < -0.3 is 11.1 Å². The molecule has 1 aliphatic heterocycles. The van der Waals surface area contributed by atoms with Crippen molar-refractivity contribution in [3.63, 3.8) is 0 Å². The lowest BCUT2D eigenvalue weighted by Crippen LogP contribution is -2.36. The number of nitrogens with two attached hydrogens (primary N) is 1. The highest BCUT2D eigenvalue weighted by Gasteiger charge is 2.27. The number of carbonyl (C=O) groups excluding carboxylic acids is 1. The molecule has 0 aromatic heterocycles. The second kappa shape index (κ2) is 8.10. The second-order valence-corrected chi connectivity index (χ2v) is 7.63. The topological polar surface area (TPSA) is 92.5 Å². The molecule has 6 nitrogen and oxygen atoms in total. The number of nitrogens with one attached hydrogen (secondary N) is 1. The van der Waals surface area contributed by atoms with Crippen LogP contribution in [0.25, 0.3) is 0 Å². The van der Waals surface area contributed by atoms with Gasteiger partial charge in [-0.05, 0) is 44.4 Å². The van der Waals surface area contributed by atoms with Crippen molar-refractivity contribution in [1.82, 2.24) is 4.31 Å². The molecule has 1 heterocycles. The third-order valence-corrected chi connectivity index (χ3v) is 5.84. The first kappa shape index (κ1) is 19.9. The van der Waals surface area contributed by atoms with Crippen molar-refractivity contribution < 1.29 is 13.2 Å². The van der Waals surface area contributed by atoms with Crippen molar-refractivity contribution >= 4 is 34.0 Å². The van der Waals surface area contributed by atoms with Gasteiger partial charge in [0.15, 0.2) is 0 Å². The first-order valence-electron chi connectivity index (χ1n) is 7.49. The number of piperidine rings is 1. The Morgan fingerprint density at radius 3 is 2.43 bits per heavy atom. The molecule has 0 saturated carbocycles. The van der Waals surface area contributed by atoms with Crippen molar-refractivity contribution in [3.05, 3.63) is 23.8 Å². The van der Waals surface area contributed by atoms with Crippen LogP contribution in [0.2, 0.25) is 0 Å². The maximum absolute atomic E-state index is 12.8. The molecule has 3 N–H and O–H groups in total. The van der Waals surface area contributed by atoms with Gasteiger partial charge in [-0.3, -0.25) is 4.79 Å². The van der Waals surface area contributed by atoms with Gasteiger partial charge in [-0.15, -0.1) is 12.4 Å². The minimum Gasteiger partial charge on any atom is -0.325 e. The van der Waals surface area contributed by atoms with E-state index in [1.54, 1.807) is 26.0 Å². The van der Waals surface area contributed by atoms with E-state index in [-0.39, 0.29) is 23.2 Å². The number of hydrogen-bond acceptors (Lipinski definition) is 4. The fraction of sp³-hybridized carbons (Fsp3) is 0.533. The molecule has 0 spiro atoms. The minimum absolute atomic E-state index is 0. The molecular weight excluding hydrogens is 338 g/mol. The Balaban J connectivity index is 0.00000264. The van der Waals surface area contributed by atoms with Crippen LogP contribution in [0.1, 0.15) is 31.7 Å². The average molecular weight is 362 g/mol. The average Bonchev–Trinajstić information content (AvgIpc) is 2.49. The Kier molecular flexibility index (Phi) is 7.01. The molecule has 0 bridgehead atoms. The summed E-state index contributed by atoms with van der Waals surface area (Å²) in [5.41, 5.74) is 6.63. The predicted molar refractivity (Wildman–Crippen MR) is 93.3 cm³/mol. The smallest absolute Gasteiger partial charge is 0.243 e. The first-order chi connectivity index (χ1) is 10.3. The van der Waals surface area contributed by atoms with E-state index in [0.717, 1.165) is 19.3 Å². The molecule has 1 fully saturated rings. The van der Waals surface area contributed by atoms with Crippen LogP contribution in [0.4, 0.5) is 5.69 Å². The van der Waals surface area contributed by atoms with Crippen LogP contribution in [-0.4, -0.2) is 37.8 Å². The van der Waals surface area contributed by atoms with E-state index in [1.807, 2.05) is 0 Å². The Labute approximate surface area is 143 Å². The third kappa shape index (κ3) is 4.67. The third-order valence-electron chi connectivity index (χ3n) is 3.80. The van der Waals surface area contributed by atoms with Crippen LogP contribution in [0, 0.1) is 6.92 Å². The van der Waals surface area contributed by atoms with Crippen molar-refractivity contribution in [1.29, 1.82) is 0 Å². The van der Waals surface area contributed by atoms with Gasteiger partial charge >= 0.3 is 0 Å². The number of aryl methyl sites for hydroxylation is 1. The van der Waals surface area contributed by atoms with E-state index in [1.165, 1.54) is 10.4 Å². The van der Waals surface area contributed by atoms with Gasteiger partial charge in [0.25, 0.3) is 0 Å². The Hall–Kier alpha value is -1.15. The lowest BCUT2D eigenvalue weighted by atomic mass is 10.2. The van der Waals surface area contributed by atoms with Gasteiger partial charge in [-0.1, -0.05) is 12.5 Å². The maximum Gasteiger partial charge on any atom is 0.243 e. The normalized spacial score (nSPS) is 17.2. The molecule has 1 atom stereocenters. The predicted octanol–water partition coefficient (Wildman–Crippen LogP) is 1.88. The highest BCUT2D eigenvalue weighted by Crippen LogP contribution is 2.26. The molecule has 1 aromatic carbocycles. The van der Waals surface area contributed by atoms with E-state index in [9.17, 15) is 13.2 Å². The zero-order valence-electron chi connectivity index (χ0n) is 13.4.